The maximum absolute atomic E-state index is 12.3. The fourth-order valence-corrected chi connectivity index (χ4v) is 4.23. The summed E-state index contributed by atoms with van der Waals surface area (Å²) in [6.45, 7) is 1.85. The van der Waals surface area contributed by atoms with E-state index in [4.69, 9.17) is 0 Å². The summed E-state index contributed by atoms with van der Waals surface area (Å²) in [6.07, 6.45) is 0. The molecule has 0 amide bonds. The molecule has 0 aliphatic heterocycles. The van der Waals surface area contributed by atoms with Crippen LogP contribution in [0.15, 0.2) is 12.1 Å². The molecule has 0 atom stereocenters. The molecule has 2 radical (unpaired) electrons. The number of carbonyl (C=O) groups is 2. The van der Waals surface area contributed by atoms with Crippen LogP contribution in [0.4, 0.5) is 22.7 Å². The number of nitro groups is 2. The fourth-order valence-electron chi connectivity index (χ4n) is 2.81. The van der Waals surface area contributed by atoms with Crippen molar-refractivity contribution in [2.45, 2.75) is 13.8 Å². The molecule has 0 spiro atoms. The Balaban J connectivity index is 2.36. The third-order valence-corrected chi connectivity index (χ3v) is 6.28. The van der Waals surface area contributed by atoms with E-state index in [1.54, 1.807) is 0 Å². The van der Waals surface area contributed by atoms with Crippen molar-refractivity contribution >= 4 is 59.8 Å². The summed E-state index contributed by atoms with van der Waals surface area (Å²) in [5, 5.41) is 64.5. The van der Waals surface area contributed by atoms with E-state index >= 15 is 0 Å². The molecule has 0 aliphatic rings. The van der Waals surface area contributed by atoms with E-state index in [-0.39, 0.29) is 0 Å². The van der Waals surface area contributed by atoms with Gasteiger partial charge in [-0.1, -0.05) is 0 Å². The molecule has 18 nitrogen and oxygen atoms in total. The van der Waals surface area contributed by atoms with Gasteiger partial charge in [0.2, 0.25) is 0 Å². The Hall–Kier alpha value is -4.50. The fraction of sp³-hybridized carbons (Fsp3) is 0.125. The number of carboxylic acids is 2. The molecule has 0 fully saturated rings. The Morgan fingerprint density at radius 3 is 1.31 bits per heavy atom. The second kappa shape index (κ2) is 10.2. The molecule has 0 bridgehead atoms. The van der Waals surface area contributed by atoms with Gasteiger partial charge in [-0.2, -0.15) is 0 Å². The van der Waals surface area contributed by atoms with Gasteiger partial charge in [-0.3, -0.25) is 0 Å². The molecule has 0 aliphatic carbocycles. The van der Waals surface area contributed by atoms with Gasteiger partial charge in [-0.05, 0) is 0 Å². The molecule has 35 heavy (non-hydrogen) atoms. The molecule has 2 aromatic rings. The van der Waals surface area contributed by atoms with Crippen molar-refractivity contribution in [2.24, 2.45) is 0 Å². The zero-order valence-electron chi connectivity index (χ0n) is 17.2. The zero-order valence-corrected chi connectivity index (χ0v) is 21.1. The summed E-state index contributed by atoms with van der Waals surface area (Å²) in [6, 6.07) is 0.707. The molecule has 0 saturated carbocycles. The summed E-state index contributed by atoms with van der Waals surface area (Å²) in [4.78, 5) is 66.2. The number of benzene rings is 2. The molecule has 0 aromatic heterocycles. The Kier molecular flexibility index (Phi) is 7.79. The molecule has 182 valence electrons. The van der Waals surface area contributed by atoms with Crippen molar-refractivity contribution in [3.8, 4) is 11.5 Å². The minimum atomic E-state index is -3.39. The van der Waals surface area contributed by atoms with Gasteiger partial charge in [-0.25, -0.2) is 0 Å². The summed E-state index contributed by atoms with van der Waals surface area (Å²) in [7, 11) is 0. The summed E-state index contributed by atoms with van der Waals surface area (Å²) in [5.41, 5.74) is -7.27. The van der Waals surface area contributed by atoms with Crippen molar-refractivity contribution in [3.63, 3.8) is 0 Å². The van der Waals surface area contributed by atoms with E-state index in [9.17, 15) is 60.1 Å². The molecular weight excluding hydrogens is 679 g/mol. The molecular formula is C16H10N4O14Pb. The van der Waals surface area contributed by atoms with E-state index in [2.05, 4.69) is 5.58 Å². The Morgan fingerprint density at radius 1 is 0.743 bits per heavy atom. The van der Waals surface area contributed by atoms with E-state index < -0.39 is 113 Å². The first-order chi connectivity index (χ1) is 16.2. The van der Waals surface area contributed by atoms with E-state index in [1.165, 1.54) is 0 Å². The molecule has 0 saturated heterocycles. The topological polar surface area (TPSA) is 266 Å². The molecule has 0 unspecified atom stereocenters. The first-order valence-corrected chi connectivity index (χ1v) is 11.9. The second-order valence-corrected chi connectivity index (χ2v) is 8.46. The van der Waals surface area contributed by atoms with Crippen molar-refractivity contribution < 1.29 is 55.3 Å². The van der Waals surface area contributed by atoms with Crippen LogP contribution in [-0.2, 0) is 5.58 Å². The van der Waals surface area contributed by atoms with Crippen LogP contribution >= 0.6 is 0 Å². The third-order valence-electron chi connectivity index (χ3n) is 4.41. The van der Waals surface area contributed by atoms with Gasteiger partial charge in [0.25, 0.3) is 0 Å². The standard InChI is InChI=1S/2C8H6N2O7.Pb/c2*1-3-6(8(12)13)4(9(14)15)2-5(7(3)11)10(16)17;/h2*2,11H,1H3,(H,12,13);/q;;+2/p-2. The minimum absolute atomic E-state index is 0.354. The predicted molar refractivity (Wildman–Crippen MR) is 103 cm³/mol. The van der Waals surface area contributed by atoms with Crippen LogP contribution < -0.4 is 10.2 Å². The first kappa shape index (κ1) is 26.8. The first-order valence-electron chi connectivity index (χ1n) is 8.68. The summed E-state index contributed by atoms with van der Waals surface area (Å²) in [5.74, 6) is -6.09. The molecule has 19 heteroatoms. The normalized spacial score (nSPS) is 10.3. The predicted octanol–water partition coefficient (Wildman–Crippen LogP) is 0.582. The van der Waals surface area contributed by atoms with Crippen molar-refractivity contribution in [1.82, 2.24) is 0 Å². The number of nitro benzene ring substituents is 2. The second-order valence-electron chi connectivity index (χ2n) is 6.39. The van der Waals surface area contributed by atoms with Crippen LogP contribution in [0.3, 0.4) is 0 Å². The Bertz CT molecular complexity index is 1220. The van der Waals surface area contributed by atoms with E-state index in [1.807, 2.05) is 0 Å². The van der Waals surface area contributed by atoms with E-state index in [0.717, 1.165) is 13.8 Å². The van der Waals surface area contributed by atoms with Crippen LogP contribution in [0.1, 0.15) is 31.8 Å². The van der Waals surface area contributed by atoms with Crippen LogP contribution in [0.25, 0.3) is 0 Å². The zero-order chi connectivity index (χ0) is 26.8. The van der Waals surface area contributed by atoms with Crippen LogP contribution in [-0.4, -0.2) is 67.0 Å². The van der Waals surface area contributed by atoms with Crippen molar-refractivity contribution in [2.75, 3.05) is 0 Å². The van der Waals surface area contributed by atoms with Gasteiger partial charge in [0, 0.05) is 0 Å². The van der Waals surface area contributed by atoms with Crippen molar-refractivity contribution in [3.05, 3.63) is 64.4 Å². The van der Waals surface area contributed by atoms with Crippen LogP contribution in [0.5, 0.6) is 11.5 Å². The van der Waals surface area contributed by atoms with Gasteiger partial charge in [-0.15, -0.1) is 0 Å². The van der Waals surface area contributed by atoms with E-state index in [0.29, 0.717) is 12.1 Å². The van der Waals surface area contributed by atoms with Gasteiger partial charge >= 0.3 is 205 Å². The number of nitrogens with zero attached hydrogens (tertiary/aromatic N) is 4. The third kappa shape index (κ3) is 5.20. The van der Waals surface area contributed by atoms with Gasteiger partial charge in [0.15, 0.2) is 0 Å². The van der Waals surface area contributed by atoms with Gasteiger partial charge < -0.3 is 0 Å². The number of hydrogen-bond acceptors (Lipinski definition) is 12. The molecule has 0 heterocycles. The summed E-state index contributed by atoms with van der Waals surface area (Å²) < 4.78 is 9.30. The number of aromatic carboxylic acids is 2. The monoisotopic (exact) mass is 690 g/mol. The maximum atomic E-state index is 12.3. The number of carboxylic acid groups (broad SMARTS) is 2. The Labute approximate surface area is 204 Å². The summed E-state index contributed by atoms with van der Waals surface area (Å²) >= 11 is -3.39. The van der Waals surface area contributed by atoms with Crippen LogP contribution in [0.2, 0.25) is 0 Å². The molecule has 2 rings (SSSR count). The van der Waals surface area contributed by atoms with Crippen molar-refractivity contribution in [1.29, 1.82) is 0 Å². The molecule has 2 aromatic carbocycles. The average Bonchev–Trinajstić information content (AvgIpc) is 2.75. The quantitative estimate of drug-likeness (QED) is 0.196. The Morgan fingerprint density at radius 2 is 1.06 bits per heavy atom. The average molecular weight is 689 g/mol. The van der Waals surface area contributed by atoms with Gasteiger partial charge in [0.05, 0.1) is 0 Å². The molecule has 2 N–H and O–H groups in total. The SMILES string of the molecule is Cc1c([O-])c([N+](=O)[O-])cc([N+](=O)[O][Pb][O][N+](=O)c2cc([N+](=O)[O-])c([O-])c(C)c2C(=O)O)c1C(=O)O. The van der Waals surface area contributed by atoms with Crippen LogP contribution in [0, 0.1) is 43.9 Å². The van der Waals surface area contributed by atoms with Gasteiger partial charge in [0.1, 0.15) is 0 Å². The number of hydrogen-bond donors (Lipinski definition) is 2. The number of rotatable bonds is 10.